The number of carbonyl (C=O) groups excluding carboxylic acids is 1. The van der Waals surface area contributed by atoms with Crippen LogP contribution in [0.3, 0.4) is 0 Å². The third-order valence-electron chi connectivity index (χ3n) is 5.10. The van der Waals surface area contributed by atoms with E-state index in [1.165, 1.54) is 11.8 Å². The van der Waals surface area contributed by atoms with Crippen LogP contribution in [0.4, 0.5) is 10.5 Å². The molecule has 1 N–H and O–H groups in total. The van der Waals surface area contributed by atoms with Gasteiger partial charge in [0.05, 0.1) is 5.69 Å². The predicted octanol–water partition coefficient (Wildman–Crippen LogP) is 5.80. The van der Waals surface area contributed by atoms with Gasteiger partial charge in [-0.15, -0.1) is 0 Å². The van der Waals surface area contributed by atoms with Crippen molar-refractivity contribution in [2.24, 2.45) is 0 Å². The molecule has 0 radical (unpaired) electrons. The Morgan fingerprint density at radius 2 is 1.45 bits per heavy atom. The standard InChI is InChI=1S/C24H23NO4/c1-14(22(26)27)25(23(28)29-24(2,3)4)19-13-11-17-9-8-15-6-5-7-16-10-12-18(19)21(17)20(15)16/h5-14H,1-4H3,(H,26,27). The van der Waals surface area contributed by atoms with Crippen molar-refractivity contribution in [1.82, 2.24) is 0 Å². The smallest absolute Gasteiger partial charge is 0.415 e. The maximum absolute atomic E-state index is 13.0. The van der Waals surface area contributed by atoms with Gasteiger partial charge < -0.3 is 9.84 Å². The van der Waals surface area contributed by atoms with Crippen LogP contribution in [-0.2, 0) is 9.53 Å². The minimum absolute atomic E-state index is 0.528. The Kier molecular flexibility index (Phi) is 4.34. The fourth-order valence-corrected chi connectivity index (χ4v) is 3.82. The minimum atomic E-state index is -1.10. The number of benzene rings is 4. The van der Waals surface area contributed by atoms with Crippen molar-refractivity contribution < 1.29 is 19.4 Å². The van der Waals surface area contributed by atoms with E-state index in [1.54, 1.807) is 26.8 Å². The van der Waals surface area contributed by atoms with Gasteiger partial charge in [0.1, 0.15) is 11.6 Å². The van der Waals surface area contributed by atoms with E-state index in [4.69, 9.17) is 4.74 Å². The fraction of sp³-hybridized carbons (Fsp3) is 0.250. The lowest BCUT2D eigenvalue weighted by molar-refractivity contribution is -0.138. The van der Waals surface area contributed by atoms with Crippen molar-refractivity contribution in [3.8, 4) is 0 Å². The Hall–Kier alpha value is -3.34. The zero-order chi connectivity index (χ0) is 20.9. The number of carbonyl (C=O) groups is 2. The quantitative estimate of drug-likeness (QED) is 0.450. The van der Waals surface area contributed by atoms with Gasteiger partial charge >= 0.3 is 12.1 Å². The van der Waals surface area contributed by atoms with Crippen molar-refractivity contribution in [3.05, 3.63) is 54.6 Å². The summed E-state index contributed by atoms with van der Waals surface area (Å²) in [6.07, 6.45) is -0.678. The number of aliphatic carboxylic acids is 1. The average Bonchev–Trinajstić information content (AvgIpc) is 2.65. The molecule has 0 aromatic heterocycles. The fourth-order valence-electron chi connectivity index (χ4n) is 3.82. The Labute approximate surface area is 168 Å². The third kappa shape index (κ3) is 3.23. The van der Waals surface area contributed by atoms with Crippen molar-refractivity contribution in [3.63, 3.8) is 0 Å². The average molecular weight is 389 g/mol. The Morgan fingerprint density at radius 1 is 0.897 bits per heavy atom. The molecule has 0 saturated heterocycles. The lowest BCUT2D eigenvalue weighted by Gasteiger charge is -2.31. The molecule has 5 nitrogen and oxygen atoms in total. The number of amides is 1. The first-order chi connectivity index (χ1) is 13.7. The van der Waals surface area contributed by atoms with E-state index in [0.29, 0.717) is 5.69 Å². The summed E-state index contributed by atoms with van der Waals surface area (Å²) < 4.78 is 5.54. The van der Waals surface area contributed by atoms with Crippen LogP contribution in [0.25, 0.3) is 32.3 Å². The summed E-state index contributed by atoms with van der Waals surface area (Å²) in [7, 11) is 0. The van der Waals surface area contributed by atoms with Crippen LogP contribution in [0.2, 0.25) is 0 Å². The number of hydrogen-bond donors (Lipinski definition) is 1. The maximum Gasteiger partial charge on any atom is 0.415 e. The van der Waals surface area contributed by atoms with Crippen LogP contribution in [0.1, 0.15) is 27.7 Å². The van der Waals surface area contributed by atoms with E-state index in [0.717, 1.165) is 32.3 Å². The molecule has 4 aromatic carbocycles. The van der Waals surface area contributed by atoms with Crippen LogP contribution < -0.4 is 4.90 Å². The normalized spacial score (nSPS) is 13.1. The predicted molar refractivity (Wildman–Crippen MR) is 116 cm³/mol. The van der Waals surface area contributed by atoms with Gasteiger partial charge in [-0.1, -0.05) is 48.5 Å². The van der Waals surface area contributed by atoms with E-state index >= 15 is 0 Å². The van der Waals surface area contributed by atoms with Gasteiger partial charge in [-0.2, -0.15) is 0 Å². The van der Waals surface area contributed by atoms with Crippen molar-refractivity contribution in [2.45, 2.75) is 39.3 Å². The molecule has 0 heterocycles. The molecule has 1 unspecified atom stereocenters. The van der Waals surface area contributed by atoms with Crippen LogP contribution >= 0.6 is 0 Å². The van der Waals surface area contributed by atoms with Gasteiger partial charge in [0.15, 0.2) is 0 Å². The lowest BCUT2D eigenvalue weighted by atomic mass is 9.93. The highest BCUT2D eigenvalue weighted by Crippen LogP contribution is 2.39. The molecule has 4 rings (SSSR count). The Morgan fingerprint density at radius 3 is 2.03 bits per heavy atom. The monoisotopic (exact) mass is 389 g/mol. The molecule has 0 saturated carbocycles. The molecule has 0 aliphatic heterocycles. The van der Waals surface area contributed by atoms with Gasteiger partial charge in [0.25, 0.3) is 0 Å². The van der Waals surface area contributed by atoms with Crippen LogP contribution in [0.5, 0.6) is 0 Å². The highest BCUT2D eigenvalue weighted by atomic mass is 16.6. The number of rotatable bonds is 3. The minimum Gasteiger partial charge on any atom is -0.480 e. The van der Waals surface area contributed by atoms with Crippen molar-refractivity contribution in [2.75, 3.05) is 4.90 Å². The summed E-state index contributed by atoms with van der Waals surface area (Å²) in [4.78, 5) is 26.0. The molecule has 148 valence electrons. The maximum atomic E-state index is 13.0. The molecule has 29 heavy (non-hydrogen) atoms. The first-order valence-corrected chi connectivity index (χ1v) is 9.59. The summed E-state index contributed by atoms with van der Waals surface area (Å²) in [5.41, 5.74) is -0.211. The van der Waals surface area contributed by atoms with E-state index in [2.05, 4.69) is 18.2 Å². The van der Waals surface area contributed by atoms with Gasteiger partial charge in [-0.3, -0.25) is 4.90 Å². The van der Waals surface area contributed by atoms with E-state index < -0.39 is 23.7 Å². The second-order valence-corrected chi connectivity index (χ2v) is 8.31. The van der Waals surface area contributed by atoms with E-state index in [9.17, 15) is 14.7 Å². The highest BCUT2D eigenvalue weighted by Gasteiger charge is 2.32. The SMILES string of the molecule is CC(C(=O)O)N(C(=O)OC(C)(C)C)c1ccc2ccc3cccc4ccc1c2c34. The Balaban J connectivity index is 2.00. The third-order valence-corrected chi connectivity index (χ3v) is 5.10. The van der Waals surface area contributed by atoms with Gasteiger partial charge in [-0.25, -0.2) is 9.59 Å². The number of carboxylic acids is 1. The molecule has 0 spiro atoms. The van der Waals surface area contributed by atoms with Crippen LogP contribution in [0.15, 0.2) is 54.6 Å². The first-order valence-electron chi connectivity index (χ1n) is 9.59. The molecule has 5 heteroatoms. The van der Waals surface area contributed by atoms with Gasteiger partial charge in [0, 0.05) is 5.39 Å². The number of ether oxygens (including phenoxy) is 1. The Bertz CT molecular complexity index is 1220. The second kappa shape index (κ2) is 6.62. The lowest BCUT2D eigenvalue weighted by Crippen LogP contribution is -2.46. The number of hydrogen-bond acceptors (Lipinski definition) is 3. The van der Waals surface area contributed by atoms with Crippen molar-refractivity contribution >= 4 is 50.1 Å². The number of nitrogens with zero attached hydrogens (tertiary/aromatic N) is 1. The summed E-state index contributed by atoms with van der Waals surface area (Å²) in [5.74, 6) is -1.10. The molecule has 0 fully saturated rings. The highest BCUT2D eigenvalue weighted by molar-refractivity contribution is 6.26. The molecule has 4 aromatic rings. The molecule has 0 aliphatic rings. The molecule has 1 atom stereocenters. The summed E-state index contributed by atoms with van der Waals surface area (Å²) in [6.45, 7) is 6.78. The summed E-state index contributed by atoms with van der Waals surface area (Å²) in [6, 6.07) is 16.9. The van der Waals surface area contributed by atoms with E-state index in [-0.39, 0.29) is 0 Å². The molecular formula is C24H23NO4. The van der Waals surface area contributed by atoms with Gasteiger partial charge in [0.2, 0.25) is 0 Å². The van der Waals surface area contributed by atoms with E-state index in [1.807, 2.05) is 30.3 Å². The number of anilines is 1. The van der Waals surface area contributed by atoms with Crippen LogP contribution in [-0.4, -0.2) is 28.8 Å². The van der Waals surface area contributed by atoms with Crippen molar-refractivity contribution in [1.29, 1.82) is 0 Å². The molecule has 0 aliphatic carbocycles. The van der Waals surface area contributed by atoms with Crippen LogP contribution in [0, 0.1) is 0 Å². The summed E-state index contributed by atoms with van der Waals surface area (Å²) >= 11 is 0. The summed E-state index contributed by atoms with van der Waals surface area (Å²) in [5, 5.41) is 15.9. The topological polar surface area (TPSA) is 66.8 Å². The molecule has 0 bridgehead atoms. The zero-order valence-corrected chi connectivity index (χ0v) is 16.9. The molecule has 1 amide bonds. The molecular weight excluding hydrogens is 366 g/mol. The first kappa shape index (κ1) is 19.0. The van der Waals surface area contributed by atoms with Gasteiger partial charge in [-0.05, 0) is 60.7 Å². The number of carboxylic acid groups (broad SMARTS) is 1. The largest absolute Gasteiger partial charge is 0.480 e. The second-order valence-electron chi connectivity index (χ2n) is 8.31. The zero-order valence-electron chi connectivity index (χ0n) is 16.9.